The number of carbonyl (C=O) groups excluding carboxylic acids is 1. The van der Waals surface area contributed by atoms with Crippen LogP contribution in [0.4, 0.5) is 0 Å². The second-order valence-electron chi connectivity index (χ2n) is 8.43. The first-order valence-electron chi connectivity index (χ1n) is 10.4. The summed E-state index contributed by atoms with van der Waals surface area (Å²) in [5.74, 6) is 1.17. The molecule has 0 saturated heterocycles. The summed E-state index contributed by atoms with van der Waals surface area (Å²) in [6, 6.07) is 14.2. The van der Waals surface area contributed by atoms with Crippen molar-refractivity contribution in [2.45, 2.75) is 50.8 Å². The molecule has 3 unspecified atom stereocenters. The van der Waals surface area contributed by atoms with Crippen LogP contribution in [0.2, 0.25) is 0 Å². The minimum Gasteiger partial charge on any atom is -0.386 e. The molecule has 28 heavy (non-hydrogen) atoms. The predicted molar refractivity (Wildman–Crippen MR) is 113 cm³/mol. The highest BCUT2D eigenvalue weighted by Crippen LogP contribution is 2.42. The summed E-state index contributed by atoms with van der Waals surface area (Å²) in [6.07, 6.45) is 4.70. The van der Waals surface area contributed by atoms with E-state index < -0.39 is 6.10 Å². The van der Waals surface area contributed by atoms with Crippen molar-refractivity contribution in [2.75, 3.05) is 6.54 Å². The van der Waals surface area contributed by atoms with Gasteiger partial charge in [0.05, 0.1) is 6.54 Å². The smallest absolute Gasteiger partial charge is 0.226 e. The van der Waals surface area contributed by atoms with E-state index in [4.69, 9.17) is 5.73 Å². The molecule has 3 atom stereocenters. The van der Waals surface area contributed by atoms with Crippen molar-refractivity contribution in [2.24, 2.45) is 23.5 Å². The third kappa shape index (κ3) is 4.32. The zero-order chi connectivity index (χ0) is 19.5. The normalized spacial score (nSPS) is 27.9. The summed E-state index contributed by atoms with van der Waals surface area (Å²) in [7, 11) is 0. The molecule has 2 saturated carbocycles. The lowest BCUT2D eigenvalue weighted by atomic mass is 9.65. The fourth-order valence-corrected chi connectivity index (χ4v) is 5.77. The van der Waals surface area contributed by atoms with Crippen molar-refractivity contribution in [3.05, 3.63) is 58.3 Å². The van der Waals surface area contributed by atoms with Crippen LogP contribution in [0.3, 0.4) is 0 Å². The van der Waals surface area contributed by atoms with Gasteiger partial charge in [0.25, 0.3) is 0 Å². The molecular weight excluding hydrogens is 368 g/mol. The second kappa shape index (κ2) is 8.76. The number of aliphatic hydroxyl groups excluding tert-OH is 1. The van der Waals surface area contributed by atoms with Crippen LogP contribution in [0, 0.1) is 17.8 Å². The Morgan fingerprint density at radius 2 is 1.86 bits per heavy atom. The molecule has 4 rings (SSSR count). The van der Waals surface area contributed by atoms with E-state index in [0.29, 0.717) is 24.9 Å². The Kier molecular flexibility index (Phi) is 6.14. The number of fused-ring (bicyclic) bond motifs is 2. The van der Waals surface area contributed by atoms with Gasteiger partial charge in [-0.05, 0) is 54.5 Å². The molecule has 2 aliphatic rings. The molecule has 2 bridgehead atoms. The van der Waals surface area contributed by atoms with Crippen LogP contribution < -0.4 is 5.73 Å². The van der Waals surface area contributed by atoms with Crippen LogP contribution in [0.25, 0.3) is 0 Å². The molecule has 5 heteroatoms. The van der Waals surface area contributed by atoms with Crippen LogP contribution in [0.1, 0.15) is 48.6 Å². The highest BCUT2D eigenvalue weighted by Gasteiger charge is 2.41. The molecule has 3 N–H and O–H groups in total. The van der Waals surface area contributed by atoms with Crippen molar-refractivity contribution in [3.8, 4) is 0 Å². The molecule has 1 aromatic heterocycles. The lowest BCUT2D eigenvalue weighted by Crippen LogP contribution is -2.50. The van der Waals surface area contributed by atoms with Crippen molar-refractivity contribution in [3.63, 3.8) is 0 Å². The summed E-state index contributed by atoms with van der Waals surface area (Å²) >= 11 is 1.54. The summed E-state index contributed by atoms with van der Waals surface area (Å²) in [6.45, 7) is 0.881. The van der Waals surface area contributed by atoms with Gasteiger partial charge in [-0.2, -0.15) is 0 Å². The molecule has 1 aromatic carbocycles. The van der Waals surface area contributed by atoms with E-state index in [1.807, 2.05) is 52.7 Å². The standard InChI is InChI=1S/C23H30N2O2S/c24-22-17-8-4-9-18(22)13-19(12-17)23(27)25(14-16-6-2-1-3-7-16)15-20(26)21-10-5-11-28-21/h1-3,5-7,10-11,17-20,22,26H,4,8-9,12-15,24H2. The highest BCUT2D eigenvalue weighted by atomic mass is 32.1. The Morgan fingerprint density at radius 3 is 2.50 bits per heavy atom. The fourth-order valence-electron chi connectivity index (χ4n) is 5.06. The number of nitrogens with zero attached hydrogens (tertiary/aromatic N) is 1. The van der Waals surface area contributed by atoms with E-state index in [1.165, 1.54) is 17.8 Å². The number of carbonyl (C=O) groups is 1. The van der Waals surface area contributed by atoms with Crippen molar-refractivity contribution in [1.29, 1.82) is 0 Å². The quantitative estimate of drug-likeness (QED) is 0.774. The van der Waals surface area contributed by atoms with Gasteiger partial charge >= 0.3 is 0 Å². The van der Waals surface area contributed by atoms with Crippen LogP contribution in [0.15, 0.2) is 47.8 Å². The van der Waals surface area contributed by atoms with Crippen LogP contribution >= 0.6 is 11.3 Å². The van der Waals surface area contributed by atoms with Crippen molar-refractivity contribution < 1.29 is 9.90 Å². The molecule has 2 aliphatic carbocycles. The maximum atomic E-state index is 13.5. The number of benzene rings is 1. The van der Waals surface area contributed by atoms with E-state index >= 15 is 0 Å². The lowest BCUT2D eigenvalue weighted by Gasteiger charge is -2.44. The zero-order valence-electron chi connectivity index (χ0n) is 16.2. The van der Waals surface area contributed by atoms with Gasteiger partial charge in [-0.3, -0.25) is 4.79 Å². The Labute approximate surface area is 171 Å². The molecule has 4 nitrogen and oxygen atoms in total. The van der Waals surface area contributed by atoms with E-state index in [0.717, 1.165) is 36.1 Å². The first kappa shape index (κ1) is 19.6. The molecule has 1 amide bonds. The van der Waals surface area contributed by atoms with Crippen LogP contribution in [0.5, 0.6) is 0 Å². The lowest BCUT2D eigenvalue weighted by molar-refractivity contribution is -0.140. The Morgan fingerprint density at radius 1 is 1.14 bits per heavy atom. The minimum absolute atomic E-state index is 0.0364. The van der Waals surface area contributed by atoms with Gasteiger partial charge in [0.15, 0.2) is 0 Å². The van der Waals surface area contributed by atoms with Gasteiger partial charge in [-0.25, -0.2) is 0 Å². The molecule has 0 radical (unpaired) electrons. The first-order valence-corrected chi connectivity index (χ1v) is 11.3. The Bertz CT molecular complexity index is 750. The van der Waals surface area contributed by atoms with Gasteiger partial charge in [-0.15, -0.1) is 11.3 Å². The minimum atomic E-state index is -0.641. The second-order valence-corrected chi connectivity index (χ2v) is 9.41. The predicted octanol–water partition coefficient (Wildman–Crippen LogP) is 3.96. The van der Waals surface area contributed by atoms with Gasteiger partial charge in [0.1, 0.15) is 6.10 Å². The monoisotopic (exact) mass is 398 g/mol. The molecular formula is C23H30N2O2S. The Balaban J connectivity index is 1.51. The zero-order valence-corrected chi connectivity index (χ0v) is 17.1. The molecule has 1 heterocycles. The summed E-state index contributed by atoms with van der Waals surface area (Å²) < 4.78 is 0. The number of hydrogen-bond donors (Lipinski definition) is 2. The van der Waals surface area contributed by atoms with Crippen molar-refractivity contribution >= 4 is 17.2 Å². The van der Waals surface area contributed by atoms with E-state index in [-0.39, 0.29) is 17.9 Å². The van der Waals surface area contributed by atoms with Crippen LogP contribution in [-0.4, -0.2) is 28.5 Å². The average Bonchev–Trinajstić information content (AvgIpc) is 3.22. The summed E-state index contributed by atoms with van der Waals surface area (Å²) in [5, 5.41) is 12.7. The van der Waals surface area contributed by atoms with Gasteiger partial charge in [0, 0.05) is 23.4 Å². The van der Waals surface area contributed by atoms with Crippen LogP contribution in [-0.2, 0) is 11.3 Å². The number of thiophene rings is 1. The van der Waals surface area contributed by atoms with Gasteiger partial charge < -0.3 is 15.7 Å². The summed E-state index contributed by atoms with van der Waals surface area (Å²) in [5.41, 5.74) is 7.53. The van der Waals surface area contributed by atoms with Crippen molar-refractivity contribution in [1.82, 2.24) is 4.90 Å². The average molecular weight is 399 g/mol. The molecule has 2 fully saturated rings. The molecule has 150 valence electrons. The maximum Gasteiger partial charge on any atom is 0.226 e. The highest BCUT2D eigenvalue weighted by molar-refractivity contribution is 7.10. The SMILES string of the molecule is NC1C2CCCC1CC(C(=O)N(Cc1ccccc1)CC(O)c1cccs1)C2. The third-order valence-corrected chi connectivity index (χ3v) is 7.53. The number of amides is 1. The number of aliphatic hydroxyl groups is 1. The number of nitrogens with two attached hydrogens (primary N) is 1. The fraction of sp³-hybridized carbons (Fsp3) is 0.522. The number of hydrogen-bond acceptors (Lipinski definition) is 4. The van der Waals surface area contributed by atoms with E-state index in [2.05, 4.69) is 0 Å². The van der Waals surface area contributed by atoms with Gasteiger partial charge in [-0.1, -0.05) is 42.8 Å². The molecule has 0 spiro atoms. The van der Waals surface area contributed by atoms with E-state index in [1.54, 1.807) is 0 Å². The third-order valence-electron chi connectivity index (χ3n) is 6.56. The first-order chi connectivity index (χ1) is 13.6. The van der Waals surface area contributed by atoms with E-state index in [9.17, 15) is 9.90 Å². The maximum absolute atomic E-state index is 13.5. The number of rotatable bonds is 6. The Hall–Kier alpha value is -1.69. The molecule has 2 aromatic rings. The largest absolute Gasteiger partial charge is 0.386 e. The molecule has 0 aliphatic heterocycles. The summed E-state index contributed by atoms with van der Waals surface area (Å²) in [4.78, 5) is 16.3. The topological polar surface area (TPSA) is 66.6 Å². The van der Waals surface area contributed by atoms with Gasteiger partial charge in [0.2, 0.25) is 5.91 Å².